The third-order valence-electron chi connectivity index (χ3n) is 5.25. The topological polar surface area (TPSA) is 80.5 Å². The Morgan fingerprint density at radius 2 is 1.93 bits per heavy atom. The first-order valence-corrected chi connectivity index (χ1v) is 11.0. The van der Waals surface area contributed by atoms with Crippen LogP contribution in [0.2, 0.25) is 0 Å². The van der Waals surface area contributed by atoms with Crippen LogP contribution in [-0.2, 0) is 15.6 Å². The number of hydrogen-bond donors (Lipinski definition) is 0. The molecule has 0 aliphatic carbocycles. The maximum atomic E-state index is 13.5. The van der Waals surface area contributed by atoms with Crippen molar-refractivity contribution < 1.29 is 13.3 Å². The van der Waals surface area contributed by atoms with Crippen molar-refractivity contribution in [3.05, 3.63) is 69.8 Å². The van der Waals surface area contributed by atoms with Gasteiger partial charge in [-0.15, -0.1) is 0 Å². The van der Waals surface area contributed by atoms with E-state index in [-0.39, 0.29) is 15.4 Å². The Hall–Kier alpha value is -1.77. The number of nitro benzene ring substituents is 1. The van der Waals surface area contributed by atoms with Gasteiger partial charge in [0.15, 0.2) is 0 Å². The zero-order valence-corrected chi connectivity index (χ0v) is 17.5. The Morgan fingerprint density at radius 3 is 2.56 bits per heavy atom. The van der Waals surface area contributed by atoms with Crippen molar-refractivity contribution in [1.82, 2.24) is 4.31 Å². The molecular formula is C19H21BrN2O4S. The summed E-state index contributed by atoms with van der Waals surface area (Å²) >= 11 is 3.66. The Labute approximate surface area is 167 Å². The van der Waals surface area contributed by atoms with Crippen molar-refractivity contribution in [2.45, 2.75) is 42.0 Å². The number of nitrogens with zero attached hydrogens (tertiary/aromatic N) is 2. The van der Waals surface area contributed by atoms with Gasteiger partial charge in [0.25, 0.3) is 5.69 Å². The van der Waals surface area contributed by atoms with Crippen LogP contribution in [0.3, 0.4) is 0 Å². The van der Waals surface area contributed by atoms with E-state index in [2.05, 4.69) is 15.9 Å². The van der Waals surface area contributed by atoms with E-state index < -0.39 is 20.5 Å². The Kier molecular flexibility index (Phi) is 5.42. The van der Waals surface area contributed by atoms with Crippen LogP contribution in [0.1, 0.15) is 30.9 Å². The molecule has 0 N–H and O–H groups in total. The summed E-state index contributed by atoms with van der Waals surface area (Å²) < 4.78 is 28.5. The van der Waals surface area contributed by atoms with Gasteiger partial charge in [-0.05, 0) is 37.0 Å². The maximum Gasteiger partial charge on any atom is 0.270 e. The molecule has 1 fully saturated rings. The highest BCUT2D eigenvalue weighted by molar-refractivity contribution is 9.09. The smallest absolute Gasteiger partial charge is 0.258 e. The molecule has 1 saturated heterocycles. The summed E-state index contributed by atoms with van der Waals surface area (Å²) in [6, 6.07) is 13.0. The third-order valence-corrected chi connectivity index (χ3v) is 7.95. The number of non-ortho nitro benzene ring substituents is 1. The summed E-state index contributed by atoms with van der Waals surface area (Å²) in [7, 11) is -3.91. The molecule has 0 saturated carbocycles. The van der Waals surface area contributed by atoms with Crippen molar-refractivity contribution in [2.24, 2.45) is 0 Å². The molecule has 2 aromatic rings. The molecule has 0 unspecified atom stereocenters. The van der Waals surface area contributed by atoms with E-state index in [0.29, 0.717) is 13.0 Å². The average molecular weight is 453 g/mol. The predicted molar refractivity (Wildman–Crippen MR) is 107 cm³/mol. The molecule has 1 aliphatic heterocycles. The van der Waals surface area contributed by atoms with Gasteiger partial charge in [0.1, 0.15) is 0 Å². The van der Waals surface area contributed by atoms with Crippen LogP contribution in [-0.4, -0.2) is 29.0 Å². The molecule has 144 valence electrons. The molecule has 1 aliphatic rings. The van der Waals surface area contributed by atoms with Crippen molar-refractivity contribution in [1.29, 1.82) is 0 Å². The average Bonchev–Trinajstić information content (AvgIpc) is 3.09. The van der Waals surface area contributed by atoms with Crippen molar-refractivity contribution in [3.8, 4) is 0 Å². The highest BCUT2D eigenvalue weighted by atomic mass is 79.9. The number of halogens is 1. The van der Waals surface area contributed by atoms with Gasteiger partial charge in [0, 0.05) is 23.5 Å². The minimum Gasteiger partial charge on any atom is -0.258 e. The Balaban J connectivity index is 2.18. The lowest BCUT2D eigenvalue weighted by Gasteiger charge is -2.41. The molecule has 6 nitrogen and oxygen atoms in total. The molecule has 1 heterocycles. The molecule has 0 amide bonds. The van der Waals surface area contributed by atoms with Crippen molar-refractivity contribution in [3.63, 3.8) is 0 Å². The summed E-state index contributed by atoms with van der Waals surface area (Å²) in [6.07, 6.45) is 1.40. The summed E-state index contributed by atoms with van der Waals surface area (Å²) in [6.45, 7) is 4.30. The molecule has 0 aromatic heterocycles. The predicted octanol–water partition coefficient (Wildman–Crippen LogP) is 4.37. The second-order valence-electron chi connectivity index (χ2n) is 6.79. The summed E-state index contributed by atoms with van der Waals surface area (Å²) in [5.41, 5.74) is 1.00. The fraction of sp³-hybridized carbons (Fsp3) is 0.368. The van der Waals surface area contributed by atoms with Crippen molar-refractivity contribution >= 4 is 31.6 Å². The van der Waals surface area contributed by atoms with Gasteiger partial charge < -0.3 is 0 Å². The molecule has 27 heavy (non-hydrogen) atoms. The summed E-state index contributed by atoms with van der Waals surface area (Å²) in [5, 5.41) is 11.1. The first-order valence-electron chi connectivity index (χ1n) is 8.69. The number of nitro groups is 1. The maximum absolute atomic E-state index is 13.5. The van der Waals surface area contributed by atoms with Gasteiger partial charge in [0.2, 0.25) is 10.0 Å². The van der Waals surface area contributed by atoms with Crippen LogP contribution >= 0.6 is 15.9 Å². The first kappa shape index (κ1) is 20.0. The van der Waals surface area contributed by atoms with Crippen LogP contribution in [0.5, 0.6) is 0 Å². The number of benzene rings is 2. The van der Waals surface area contributed by atoms with Gasteiger partial charge in [-0.1, -0.05) is 53.2 Å². The SMILES string of the molecule is Cc1ccccc1[C@]1([C@H](C)Br)CCCN1S(=O)(=O)c1cccc([N+](=O)[O-])c1. The van der Waals surface area contributed by atoms with Crippen LogP contribution in [0.15, 0.2) is 53.4 Å². The number of aryl methyl sites for hydroxylation is 1. The summed E-state index contributed by atoms with van der Waals surface area (Å²) in [4.78, 5) is 10.3. The largest absolute Gasteiger partial charge is 0.270 e. The monoisotopic (exact) mass is 452 g/mol. The van der Waals surface area contributed by atoms with Crippen LogP contribution in [0, 0.1) is 17.0 Å². The van der Waals surface area contributed by atoms with E-state index in [4.69, 9.17) is 0 Å². The van der Waals surface area contributed by atoms with E-state index in [1.807, 2.05) is 38.1 Å². The fourth-order valence-electron chi connectivity index (χ4n) is 3.98. The lowest BCUT2D eigenvalue weighted by atomic mass is 9.83. The lowest BCUT2D eigenvalue weighted by molar-refractivity contribution is -0.385. The molecule has 2 atom stereocenters. The molecule has 0 bridgehead atoms. The molecular weight excluding hydrogens is 432 g/mol. The molecule has 8 heteroatoms. The van der Waals surface area contributed by atoms with E-state index in [0.717, 1.165) is 23.6 Å². The standard InChI is InChI=1S/C19H21BrN2O4S/c1-14-7-3-4-10-18(14)19(15(2)20)11-6-12-21(19)27(25,26)17-9-5-8-16(13-17)22(23)24/h3-5,7-10,13,15H,6,11-12H2,1-2H3/t15-,19+/m0/s1. The van der Waals surface area contributed by atoms with Gasteiger partial charge in [-0.25, -0.2) is 8.42 Å². The van der Waals surface area contributed by atoms with Crippen LogP contribution in [0.25, 0.3) is 0 Å². The second kappa shape index (κ2) is 7.33. The third kappa shape index (κ3) is 3.30. The fourth-order valence-corrected chi connectivity index (χ4v) is 6.75. The Bertz CT molecular complexity index is 977. The van der Waals surface area contributed by atoms with E-state index in [9.17, 15) is 18.5 Å². The minimum atomic E-state index is -3.91. The molecule has 0 spiro atoms. The lowest BCUT2D eigenvalue weighted by Crippen LogP contribution is -2.50. The van der Waals surface area contributed by atoms with Crippen LogP contribution in [0.4, 0.5) is 5.69 Å². The van der Waals surface area contributed by atoms with Gasteiger partial charge in [-0.3, -0.25) is 10.1 Å². The zero-order chi connectivity index (χ0) is 19.8. The molecule has 0 radical (unpaired) electrons. The molecule has 2 aromatic carbocycles. The van der Waals surface area contributed by atoms with Crippen molar-refractivity contribution in [2.75, 3.05) is 6.54 Å². The normalized spacial score (nSPS) is 21.9. The number of hydrogen-bond acceptors (Lipinski definition) is 4. The second-order valence-corrected chi connectivity index (χ2v) is 10.0. The van der Waals surface area contributed by atoms with Crippen LogP contribution < -0.4 is 0 Å². The van der Waals surface area contributed by atoms with Gasteiger partial charge in [-0.2, -0.15) is 4.31 Å². The number of sulfonamides is 1. The quantitative estimate of drug-likeness (QED) is 0.383. The highest BCUT2D eigenvalue weighted by Gasteiger charge is 2.52. The zero-order valence-electron chi connectivity index (χ0n) is 15.1. The number of rotatable bonds is 5. The van der Waals surface area contributed by atoms with Gasteiger partial charge >= 0.3 is 0 Å². The molecule has 3 rings (SSSR count). The minimum absolute atomic E-state index is 0.0512. The number of alkyl halides is 1. The first-order chi connectivity index (χ1) is 12.7. The summed E-state index contributed by atoms with van der Waals surface area (Å²) in [5.74, 6) is 0. The van der Waals surface area contributed by atoms with E-state index in [1.54, 1.807) is 0 Å². The van der Waals surface area contributed by atoms with E-state index >= 15 is 0 Å². The highest BCUT2D eigenvalue weighted by Crippen LogP contribution is 2.48. The van der Waals surface area contributed by atoms with E-state index in [1.165, 1.54) is 22.5 Å². The van der Waals surface area contributed by atoms with Gasteiger partial charge in [0.05, 0.1) is 15.4 Å². The Morgan fingerprint density at radius 1 is 1.22 bits per heavy atom.